The number of amides is 1. The lowest BCUT2D eigenvalue weighted by molar-refractivity contribution is -0.130. The van der Waals surface area contributed by atoms with Crippen molar-refractivity contribution in [1.82, 2.24) is 9.88 Å². The highest BCUT2D eigenvalue weighted by Crippen LogP contribution is 2.24. The summed E-state index contributed by atoms with van der Waals surface area (Å²) >= 11 is 0. The highest BCUT2D eigenvalue weighted by molar-refractivity contribution is 7.89. The Balaban J connectivity index is 1.79. The van der Waals surface area contributed by atoms with Crippen LogP contribution in [0.15, 0.2) is 24.4 Å². The second-order valence-corrected chi connectivity index (χ2v) is 7.86. The molecule has 0 bridgehead atoms. The SMILES string of the molecule is Cc1cccc2c(CC(=O)N3CCC[C@@H]3CS(N)(=O)=O)c[nH]c12. The van der Waals surface area contributed by atoms with Crippen molar-refractivity contribution in [1.29, 1.82) is 0 Å². The number of nitrogens with one attached hydrogen (secondary N) is 1. The minimum absolute atomic E-state index is 0.0430. The number of primary sulfonamides is 1. The lowest BCUT2D eigenvalue weighted by Gasteiger charge is -2.24. The number of benzene rings is 1. The average molecular weight is 335 g/mol. The van der Waals surface area contributed by atoms with Gasteiger partial charge in [-0.2, -0.15) is 0 Å². The maximum atomic E-state index is 12.6. The van der Waals surface area contributed by atoms with Gasteiger partial charge in [0.15, 0.2) is 0 Å². The quantitative estimate of drug-likeness (QED) is 0.881. The molecule has 2 heterocycles. The van der Waals surface area contributed by atoms with E-state index >= 15 is 0 Å². The van der Waals surface area contributed by atoms with Crippen LogP contribution in [-0.4, -0.2) is 42.5 Å². The smallest absolute Gasteiger partial charge is 0.227 e. The number of fused-ring (bicyclic) bond motifs is 1. The highest BCUT2D eigenvalue weighted by Gasteiger charge is 2.31. The van der Waals surface area contributed by atoms with Gasteiger partial charge in [0.25, 0.3) is 0 Å². The fourth-order valence-electron chi connectivity index (χ4n) is 3.38. The molecular formula is C16H21N3O3S. The van der Waals surface area contributed by atoms with Gasteiger partial charge in [0.2, 0.25) is 15.9 Å². The standard InChI is InChI=1S/C16H21N3O3S/c1-11-4-2-6-14-12(9-18-16(11)14)8-15(20)19-7-3-5-13(19)10-23(17,21)22/h2,4,6,9,13,18H,3,5,7-8,10H2,1H3,(H2,17,21,22)/t13-/m1/s1. The molecule has 1 aliphatic heterocycles. The molecular weight excluding hydrogens is 314 g/mol. The summed E-state index contributed by atoms with van der Waals surface area (Å²) in [6, 6.07) is 5.68. The summed E-state index contributed by atoms with van der Waals surface area (Å²) in [6.45, 7) is 2.62. The molecule has 0 spiro atoms. The molecule has 7 heteroatoms. The number of H-pyrrole nitrogens is 1. The third-order valence-corrected chi connectivity index (χ3v) is 5.32. The maximum Gasteiger partial charge on any atom is 0.227 e. The second-order valence-electron chi connectivity index (χ2n) is 6.20. The van der Waals surface area contributed by atoms with E-state index < -0.39 is 10.0 Å². The normalized spacial score (nSPS) is 18.7. The van der Waals surface area contributed by atoms with Gasteiger partial charge in [0.05, 0.1) is 12.2 Å². The minimum atomic E-state index is -3.58. The average Bonchev–Trinajstić information content (AvgIpc) is 3.05. The third-order valence-electron chi connectivity index (χ3n) is 4.47. The Kier molecular flexibility index (Phi) is 4.16. The molecule has 0 aliphatic carbocycles. The molecule has 23 heavy (non-hydrogen) atoms. The first-order valence-electron chi connectivity index (χ1n) is 7.70. The van der Waals surface area contributed by atoms with Crippen molar-refractivity contribution in [3.05, 3.63) is 35.5 Å². The first-order valence-corrected chi connectivity index (χ1v) is 9.42. The number of carbonyl (C=O) groups is 1. The number of nitrogens with two attached hydrogens (primary N) is 1. The number of likely N-dealkylation sites (tertiary alicyclic amines) is 1. The van der Waals surface area contributed by atoms with Gasteiger partial charge in [-0.1, -0.05) is 18.2 Å². The molecule has 0 saturated carbocycles. The molecule has 1 saturated heterocycles. The third kappa shape index (κ3) is 3.40. The zero-order valence-electron chi connectivity index (χ0n) is 13.1. The summed E-state index contributed by atoms with van der Waals surface area (Å²) in [6.07, 6.45) is 3.64. The van der Waals surface area contributed by atoms with Crippen molar-refractivity contribution < 1.29 is 13.2 Å². The number of aromatic nitrogens is 1. The molecule has 1 fully saturated rings. The molecule has 124 valence electrons. The number of para-hydroxylation sites is 1. The van der Waals surface area contributed by atoms with Crippen LogP contribution < -0.4 is 5.14 Å². The van der Waals surface area contributed by atoms with E-state index in [0.717, 1.165) is 28.5 Å². The van der Waals surface area contributed by atoms with Crippen LogP contribution in [-0.2, 0) is 21.2 Å². The Bertz CT molecular complexity index is 841. The molecule has 3 N–H and O–H groups in total. The highest BCUT2D eigenvalue weighted by atomic mass is 32.2. The molecule has 1 atom stereocenters. The summed E-state index contributed by atoms with van der Waals surface area (Å²) in [4.78, 5) is 17.5. The summed E-state index contributed by atoms with van der Waals surface area (Å²) in [5.41, 5.74) is 3.11. The number of carbonyl (C=O) groups excluding carboxylic acids is 1. The molecule has 2 aromatic rings. The van der Waals surface area contributed by atoms with Crippen LogP contribution in [0.4, 0.5) is 0 Å². The first-order chi connectivity index (χ1) is 10.8. The predicted octanol–water partition coefficient (Wildman–Crippen LogP) is 1.30. The Morgan fingerprint density at radius 1 is 1.43 bits per heavy atom. The van der Waals surface area contributed by atoms with E-state index in [2.05, 4.69) is 4.98 Å². The van der Waals surface area contributed by atoms with Crippen LogP contribution in [0.25, 0.3) is 10.9 Å². The zero-order valence-corrected chi connectivity index (χ0v) is 13.9. The maximum absolute atomic E-state index is 12.6. The van der Waals surface area contributed by atoms with Crippen molar-refractivity contribution in [3.8, 4) is 0 Å². The topological polar surface area (TPSA) is 96.3 Å². The first kappa shape index (κ1) is 16.0. The van der Waals surface area contributed by atoms with Gasteiger partial charge in [0, 0.05) is 29.7 Å². The van der Waals surface area contributed by atoms with Gasteiger partial charge in [-0.15, -0.1) is 0 Å². The summed E-state index contributed by atoms with van der Waals surface area (Å²) < 4.78 is 22.6. The van der Waals surface area contributed by atoms with Crippen molar-refractivity contribution in [3.63, 3.8) is 0 Å². The number of hydrogen-bond acceptors (Lipinski definition) is 3. The molecule has 1 aromatic heterocycles. The number of aromatic amines is 1. The van der Waals surface area contributed by atoms with Gasteiger partial charge < -0.3 is 9.88 Å². The Hall–Kier alpha value is -1.86. The van der Waals surface area contributed by atoms with Crippen LogP contribution in [0.1, 0.15) is 24.0 Å². The van der Waals surface area contributed by atoms with E-state index in [4.69, 9.17) is 5.14 Å². The summed E-state index contributed by atoms with van der Waals surface area (Å²) in [5, 5.41) is 6.18. The van der Waals surface area contributed by atoms with Crippen LogP contribution in [0.3, 0.4) is 0 Å². The molecule has 1 aromatic carbocycles. The summed E-state index contributed by atoms with van der Waals surface area (Å²) in [5.74, 6) is -0.204. The van der Waals surface area contributed by atoms with Crippen molar-refractivity contribution in [2.45, 2.75) is 32.2 Å². The minimum Gasteiger partial charge on any atom is -0.361 e. The summed E-state index contributed by atoms with van der Waals surface area (Å²) in [7, 11) is -3.58. The number of rotatable bonds is 4. The molecule has 0 unspecified atom stereocenters. The van der Waals surface area contributed by atoms with E-state index in [1.165, 1.54) is 0 Å². The lowest BCUT2D eigenvalue weighted by Crippen LogP contribution is -2.41. The van der Waals surface area contributed by atoms with Crippen molar-refractivity contribution in [2.24, 2.45) is 5.14 Å². The molecule has 1 aliphatic rings. The molecule has 6 nitrogen and oxygen atoms in total. The fraction of sp³-hybridized carbons (Fsp3) is 0.438. The molecule has 3 rings (SSSR count). The van der Waals surface area contributed by atoms with E-state index in [1.807, 2.05) is 31.3 Å². The lowest BCUT2D eigenvalue weighted by atomic mass is 10.1. The molecule has 0 radical (unpaired) electrons. The van der Waals surface area contributed by atoms with E-state index in [0.29, 0.717) is 13.0 Å². The van der Waals surface area contributed by atoms with E-state index in [9.17, 15) is 13.2 Å². The fourth-order valence-corrected chi connectivity index (χ4v) is 4.26. The van der Waals surface area contributed by atoms with Gasteiger partial charge in [0.1, 0.15) is 0 Å². The molecule has 1 amide bonds. The Labute approximate surface area is 135 Å². The number of hydrogen-bond donors (Lipinski definition) is 2. The Morgan fingerprint density at radius 2 is 2.22 bits per heavy atom. The Morgan fingerprint density at radius 3 is 2.96 bits per heavy atom. The van der Waals surface area contributed by atoms with Crippen LogP contribution in [0.2, 0.25) is 0 Å². The number of aryl methyl sites for hydroxylation is 1. The van der Waals surface area contributed by atoms with E-state index in [-0.39, 0.29) is 24.1 Å². The van der Waals surface area contributed by atoms with Gasteiger partial charge >= 0.3 is 0 Å². The largest absolute Gasteiger partial charge is 0.361 e. The van der Waals surface area contributed by atoms with Crippen LogP contribution in [0.5, 0.6) is 0 Å². The van der Waals surface area contributed by atoms with Crippen LogP contribution >= 0.6 is 0 Å². The van der Waals surface area contributed by atoms with Crippen LogP contribution in [0, 0.1) is 6.92 Å². The van der Waals surface area contributed by atoms with Gasteiger partial charge in [-0.3, -0.25) is 4.79 Å². The van der Waals surface area contributed by atoms with Gasteiger partial charge in [-0.25, -0.2) is 13.6 Å². The number of sulfonamides is 1. The van der Waals surface area contributed by atoms with E-state index in [1.54, 1.807) is 4.90 Å². The number of nitrogens with zero attached hydrogens (tertiary/aromatic N) is 1. The zero-order chi connectivity index (χ0) is 16.6. The second kappa shape index (κ2) is 5.98. The monoisotopic (exact) mass is 335 g/mol. The predicted molar refractivity (Wildman–Crippen MR) is 89.4 cm³/mol. The van der Waals surface area contributed by atoms with Crippen molar-refractivity contribution in [2.75, 3.05) is 12.3 Å². The van der Waals surface area contributed by atoms with Gasteiger partial charge in [-0.05, 0) is 30.9 Å². The van der Waals surface area contributed by atoms with Crippen molar-refractivity contribution >= 4 is 26.8 Å².